The van der Waals surface area contributed by atoms with Crippen LogP contribution >= 0.6 is 0 Å². The molecule has 10 heteroatoms. The number of carbonyl (C=O) groups is 2. The highest BCUT2D eigenvalue weighted by Gasteiger charge is 2.33. The second-order valence-electron chi connectivity index (χ2n) is 9.02. The smallest absolute Gasteiger partial charge is 0.308 e. The first kappa shape index (κ1) is 23.9. The fourth-order valence-electron chi connectivity index (χ4n) is 4.21. The highest BCUT2D eigenvalue weighted by atomic mass is 16.2. The Morgan fingerprint density at radius 3 is 2.51 bits per heavy atom. The van der Waals surface area contributed by atoms with Crippen LogP contribution in [0, 0.1) is 5.92 Å². The van der Waals surface area contributed by atoms with Gasteiger partial charge < -0.3 is 15.5 Å². The standard InChI is InChI=1S/C27H26N8O2/c1-17(2)16-35-22-14-7-6-13-21(22)23(18-9-4-3-5-10-18)29-25(26(35)36)30-27(37)28-20-12-8-11-19(15-20)24-31-33-34-32-24/h3-15,17,25H,16H2,1-2H3,(H2,28,30,37)(H,31,32,33,34)/t25-/m0/s1. The van der Waals surface area contributed by atoms with Gasteiger partial charge in [-0.15, -0.1) is 10.2 Å². The SMILES string of the molecule is CC(C)CN1C(=O)[C@H](NC(=O)Nc2cccc(-c3nn[nH]n3)c2)N=C(c2ccccc2)c2ccccc21. The quantitative estimate of drug-likeness (QED) is 0.375. The predicted octanol–water partition coefficient (Wildman–Crippen LogP) is 3.85. The van der Waals surface area contributed by atoms with E-state index in [1.807, 2.05) is 68.4 Å². The van der Waals surface area contributed by atoms with E-state index < -0.39 is 12.2 Å². The van der Waals surface area contributed by atoms with Crippen molar-refractivity contribution >= 4 is 29.0 Å². The summed E-state index contributed by atoms with van der Waals surface area (Å²) >= 11 is 0. The van der Waals surface area contributed by atoms with Gasteiger partial charge in [0.2, 0.25) is 12.0 Å². The Balaban J connectivity index is 1.47. The molecule has 1 atom stereocenters. The molecule has 37 heavy (non-hydrogen) atoms. The molecule has 0 unspecified atom stereocenters. The third kappa shape index (κ3) is 5.22. The maximum Gasteiger partial charge on any atom is 0.321 e. The van der Waals surface area contributed by atoms with Crippen molar-refractivity contribution in [2.75, 3.05) is 16.8 Å². The molecule has 186 valence electrons. The molecule has 0 saturated carbocycles. The molecule has 3 amide bonds. The van der Waals surface area contributed by atoms with Crippen molar-refractivity contribution in [2.24, 2.45) is 10.9 Å². The molecule has 1 aromatic heterocycles. The molecule has 1 aliphatic heterocycles. The zero-order valence-electron chi connectivity index (χ0n) is 20.4. The lowest BCUT2D eigenvalue weighted by Crippen LogP contribution is -2.49. The number of rotatable bonds is 6. The first-order valence-corrected chi connectivity index (χ1v) is 11.9. The molecular weight excluding hydrogens is 468 g/mol. The van der Waals surface area contributed by atoms with Gasteiger partial charge in [-0.2, -0.15) is 5.21 Å². The third-order valence-corrected chi connectivity index (χ3v) is 5.79. The van der Waals surface area contributed by atoms with Crippen molar-refractivity contribution in [1.82, 2.24) is 25.9 Å². The van der Waals surface area contributed by atoms with Crippen molar-refractivity contribution in [3.05, 3.63) is 90.0 Å². The Bertz CT molecular complexity index is 1430. The van der Waals surface area contributed by atoms with Gasteiger partial charge in [0.1, 0.15) is 0 Å². The average Bonchev–Trinajstić information content (AvgIpc) is 3.42. The summed E-state index contributed by atoms with van der Waals surface area (Å²) in [6, 6.07) is 23.8. The lowest BCUT2D eigenvalue weighted by molar-refractivity contribution is -0.120. The number of carbonyl (C=O) groups excluding carboxylic acids is 2. The Morgan fingerprint density at radius 1 is 1.00 bits per heavy atom. The van der Waals surface area contributed by atoms with Crippen molar-refractivity contribution in [1.29, 1.82) is 0 Å². The number of amides is 3. The van der Waals surface area contributed by atoms with Crippen molar-refractivity contribution < 1.29 is 9.59 Å². The largest absolute Gasteiger partial charge is 0.321 e. The monoisotopic (exact) mass is 494 g/mol. The number of aromatic amines is 1. The molecule has 0 radical (unpaired) electrons. The number of fused-ring (bicyclic) bond motifs is 1. The Kier molecular flexibility index (Phi) is 6.71. The highest BCUT2D eigenvalue weighted by Crippen LogP contribution is 2.29. The molecule has 4 aromatic rings. The molecule has 0 saturated heterocycles. The molecule has 3 N–H and O–H groups in total. The Hall–Kier alpha value is -4.86. The van der Waals surface area contributed by atoms with E-state index in [0.29, 0.717) is 29.3 Å². The van der Waals surface area contributed by atoms with Crippen molar-refractivity contribution in [3.63, 3.8) is 0 Å². The maximum atomic E-state index is 13.8. The zero-order chi connectivity index (χ0) is 25.8. The number of para-hydroxylation sites is 1. The summed E-state index contributed by atoms with van der Waals surface area (Å²) in [6.07, 6.45) is -1.12. The number of benzene rings is 3. The topological polar surface area (TPSA) is 128 Å². The van der Waals surface area contributed by atoms with E-state index in [4.69, 9.17) is 4.99 Å². The number of nitrogens with one attached hydrogen (secondary N) is 3. The number of urea groups is 1. The van der Waals surface area contributed by atoms with Gasteiger partial charge in [0, 0.05) is 28.9 Å². The molecule has 0 fully saturated rings. The molecule has 0 aliphatic carbocycles. The van der Waals surface area contributed by atoms with Gasteiger partial charge in [-0.3, -0.25) is 4.79 Å². The van der Waals surface area contributed by atoms with Gasteiger partial charge in [-0.1, -0.05) is 74.5 Å². The Labute approximate surface area is 213 Å². The van der Waals surface area contributed by atoms with Crippen LogP contribution < -0.4 is 15.5 Å². The molecular formula is C27H26N8O2. The summed E-state index contributed by atoms with van der Waals surface area (Å²) in [5, 5.41) is 19.5. The predicted molar refractivity (Wildman–Crippen MR) is 141 cm³/mol. The second kappa shape index (κ2) is 10.4. The van der Waals surface area contributed by atoms with Crippen LogP contribution in [0.2, 0.25) is 0 Å². The first-order valence-electron chi connectivity index (χ1n) is 11.9. The molecule has 0 bridgehead atoms. The fraction of sp³-hybridized carbons (Fsp3) is 0.185. The fourth-order valence-corrected chi connectivity index (χ4v) is 4.21. The molecule has 3 aromatic carbocycles. The van der Waals surface area contributed by atoms with E-state index >= 15 is 0 Å². The van der Waals surface area contributed by atoms with E-state index in [0.717, 1.165) is 16.8 Å². The van der Waals surface area contributed by atoms with Gasteiger partial charge in [0.05, 0.1) is 11.4 Å². The van der Waals surface area contributed by atoms with Gasteiger partial charge in [0.25, 0.3) is 5.91 Å². The molecule has 0 spiro atoms. The summed E-state index contributed by atoms with van der Waals surface area (Å²) in [4.78, 5) is 33.3. The molecule has 10 nitrogen and oxygen atoms in total. The third-order valence-electron chi connectivity index (χ3n) is 5.79. The van der Waals surface area contributed by atoms with E-state index in [1.54, 1.807) is 29.2 Å². The van der Waals surface area contributed by atoms with Gasteiger partial charge in [-0.25, -0.2) is 9.79 Å². The van der Waals surface area contributed by atoms with Crippen LogP contribution in [-0.2, 0) is 4.79 Å². The van der Waals surface area contributed by atoms with Gasteiger partial charge in [-0.05, 0) is 29.3 Å². The number of hydrogen-bond acceptors (Lipinski definition) is 6. The minimum absolute atomic E-state index is 0.206. The van der Waals surface area contributed by atoms with Crippen LogP contribution in [0.5, 0.6) is 0 Å². The van der Waals surface area contributed by atoms with Crippen LogP contribution in [-0.4, -0.2) is 51.0 Å². The minimum Gasteiger partial charge on any atom is -0.308 e. The lowest BCUT2D eigenvalue weighted by Gasteiger charge is -2.27. The second-order valence-corrected chi connectivity index (χ2v) is 9.02. The van der Waals surface area contributed by atoms with Crippen molar-refractivity contribution in [2.45, 2.75) is 20.0 Å². The number of anilines is 2. The van der Waals surface area contributed by atoms with Gasteiger partial charge >= 0.3 is 6.03 Å². The van der Waals surface area contributed by atoms with Crippen molar-refractivity contribution in [3.8, 4) is 11.4 Å². The van der Waals surface area contributed by atoms with Crippen LogP contribution in [0.1, 0.15) is 25.0 Å². The number of aliphatic imine (C=N–C) groups is 1. The van der Waals surface area contributed by atoms with Crippen LogP contribution in [0.25, 0.3) is 11.4 Å². The summed E-state index contributed by atoms with van der Waals surface area (Å²) < 4.78 is 0. The summed E-state index contributed by atoms with van der Waals surface area (Å²) in [6.45, 7) is 4.58. The number of nitrogens with zero attached hydrogens (tertiary/aromatic N) is 5. The van der Waals surface area contributed by atoms with Crippen LogP contribution in [0.15, 0.2) is 83.9 Å². The Morgan fingerprint density at radius 2 is 1.76 bits per heavy atom. The molecule has 2 heterocycles. The summed E-state index contributed by atoms with van der Waals surface area (Å²) in [5.41, 5.74) is 4.28. The number of hydrogen-bond donors (Lipinski definition) is 3. The van der Waals surface area contributed by atoms with E-state index in [1.165, 1.54) is 0 Å². The van der Waals surface area contributed by atoms with E-state index in [2.05, 4.69) is 31.3 Å². The summed E-state index contributed by atoms with van der Waals surface area (Å²) in [5.74, 6) is 0.308. The first-order chi connectivity index (χ1) is 18.0. The number of aromatic nitrogens is 4. The molecule has 1 aliphatic rings. The maximum absolute atomic E-state index is 13.8. The average molecular weight is 495 g/mol. The highest BCUT2D eigenvalue weighted by molar-refractivity contribution is 6.20. The number of tetrazole rings is 1. The number of H-pyrrole nitrogens is 1. The van der Waals surface area contributed by atoms with Gasteiger partial charge in [0.15, 0.2) is 0 Å². The molecule has 5 rings (SSSR count). The minimum atomic E-state index is -1.12. The van der Waals surface area contributed by atoms with Crippen LogP contribution in [0.4, 0.5) is 16.2 Å². The zero-order valence-corrected chi connectivity index (χ0v) is 20.4. The lowest BCUT2D eigenvalue weighted by atomic mass is 10.00. The normalized spacial score (nSPS) is 15.1. The van der Waals surface area contributed by atoms with E-state index in [9.17, 15) is 9.59 Å². The van der Waals surface area contributed by atoms with E-state index in [-0.39, 0.29) is 11.8 Å². The summed E-state index contributed by atoms with van der Waals surface area (Å²) in [7, 11) is 0. The number of benzodiazepines with no additional fused rings is 1. The van der Waals surface area contributed by atoms with Crippen LogP contribution in [0.3, 0.4) is 0 Å².